The summed E-state index contributed by atoms with van der Waals surface area (Å²) in [5, 5.41) is 2.66. The standard InChI is InChI=1S/C16H26N2O2/c1-3-6-16(18-9-5-11-20-12-10-18)8-4-7-15(2)13-17-14-19/h3-4,6-8,14,16H,5,9-13H2,1-2H3,(H,17,19)/b6-3-,8-4?,15-7+. The van der Waals surface area contributed by atoms with Crippen LogP contribution in [0, 0.1) is 0 Å². The summed E-state index contributed by atoms with van der Waals surface area (Å²) in [5.74, 6) is 0. The van der Waals surface area contributed by atoms with E-state index in [9.17, 15) is 4.79 Å². The number of carbonyl (C=O) groups excluding carboxylic acids is 1. The van der Waals surface area contributed by atoms with E-state index in [0.717, 1.165) is 44.7 Å². The average molecular weight is 278 g/mol. The van der Waals surface area contributed by atoms with Crippen LogP contribution in [0.5, 0.6) is 0 Å². The van der Waals surface area contributed by atoms with Gasteiger partial charge in [-0.15, -0.1) is 0 Å². The summed E-state index contributed by atoms with van der Waals surface area (Å²) in [4.78, 5) is 12.7. The van der Waals surface area contributed by atoms with Gasteiger partial charge in [-0.25, -0.2) is 0 Å². The Kier molecular flexibility index (Phi) is 8.67. The normalized spacial score (nSPS) is 20.2. The van der Waals surface area contributed by atoms with Crippen molar-refractivity contribution in [2.75, 3.05) is 32.8 Å². The molecule has 0 bridgehead atoms. The number of amides is 1. The molecule has 1 amide bonds. The quantitative estimate of drug-likeness (QED) is 0.439. The molecule has 1 aliphatic heterocycles. The highest BCUT2D eigenvalue weighted by Gasteiger charge is 2.14. The largest absolute Gasteiger partial charge is 0.380 e. The Morgan fingerprint density at radius 3 is 2.95 bits per heavy atom. The number of ether oxygens (including phenoxy) is 1. The van der Waals surface area contributed by atoms with Crippen molar-refractivity contribution in [3.8, 4) is 0 Å². The summed E-state index contributed by atoms with van der Waals surface area (Å²) in [6.07, 6.45) is 12.4. The molecule has 1 saturated heterocycles. The fourth-order valence-electron chi connectivity index (χ4n) is 2.16. The van der Waals surface area contributed by atoms with E-state index in [2.05, 4.69) is 34.5 Å². The highest BCUT2D eigenvalue weighted by Crippen LogP contribution is 2.08. The van der Waals surface area contributed by atoms with Gasteiger partial charge in [-0.2, -0.15) is 0 Å². The Bertz CT molecular complexity index is 353. The van der Waals surface area contributed by atoms with Gasteiger partial charge in [-0.3, -0.25) is 9.69 Å². The molecule has 1 fully saturated rings. The minimum Gasteiger partial charge on any atom is -0.380 e. The molecule has 1 aliphatic rings. The molecule has 4 nitrogen and oxygen atoms in total. The third-order valence-electron chi connectivity index (χ3n) is 3.22. The van der Waals surface area contributed by atoms with E-state index in [4.69, 9.17) is 4.74 Å². The highest BCUT2D eigenvalue weighted by molar-refractivity contribution is 5.46. The van der Waals surface area contributed by atoms with Crippen molar-refractivity contribution in [2.45, 2.75) is 26.3 Å². The van der Waals surface area contributed by atoms with Crippen LogP contribution in [0.1, 0.15) is 20.3 Å². The Labute approximate surface area is 122 Å². The number of carbonyl (C=O) groups is 1. The van der Waals surface area contributed by atoms with Crippen molar-refractivity contribution >= 4 is 6.41 Å². The lowest BCUT2D eigenvalue weighted by molar-refractivity contribution is -0.109. The van der Waals surface area contributed by atoms with E-state index in [-0.39, 0.29) is 0 Å². The first-order valence-electron chi connectivity index (χ1n) is 7.23. The number of nitrogens with zero attached hydrogens (tertiary/aromatic N) is 1. The molecule has 0 spiro atoms. The van der Waals surface area contributed by atoms with E-state index in [1.165, 1.54) is 0 Å². The molecule has 1 unspecified atom stereocenters. The van der Waals surface area contributed by atoms with Crippen LogP contribution >= 0.6 is 0 Å². The highest BCUT2D eigenvalue weighted by atomic mass is 16.5. The van der Waals surface area contributed by atoms with Crippen molar-refractivity contribution in [2.24, 2.45) is 0 Å². The molecule has 0 aliphatic carbocycles. The minimum absolute atomic E-state index is 0.310. The fourth-order valence-corrected chi connectivity index (χ4v) is 2.16. The van der Waals surface area contributed by atoms with Crippen molar-refractivity contribution in [1.82, 2.24) is 10.2 Å². The molecule has 0 radical (unpaired) electrons. The molecule has 112 valence electrons. The predicted molar refractivity (Wildman–Crippen MR) is 82.6 cm³/mol. The number of rotatable bonds is 7. The predicted octanol–water partition coefficient (Wildman–Crippen LogP) is 1.90. The van der Waals surface area contributed by atoms with Crippen molar-refractivity contribution in [3.05, 3.63) is 36.0 Å². The van der Waals surface area contributed by atoms with Gasteiger partial charge >= 0.3 is 0 Å². The molecule has 0 aromatic heterocycles. The third kappa shape index (κ3) is 6.68. The Morgan fingerprint density at radius 1 is 1.35 bits per heavy atom. The van der Waals surface area contributed by atoms with Gasteiger partial charge in [0, 0.05) is 32.3 Å². The number of allylic oxidation sites excluding steroid dienone is 3. The molecular weight excluding hydrogens is 252 g/mol. The second-order valence-electron chi connectivity index (χ2n) is 4.91. The first-order chi connectivity index (χ1) is 9.77. The summed E-state index contributed by atoms with van der Waals surface area (Å²) >= 11 is 0. The van der Waals surface area contributed by atoms with E-state index >= 15 is 0 Å². The van der Waals surface area contributed by atoms with Gasteiger partial charge in [-0.1, -0.05) is 36.0 Å². The first-order valence-corrected chi connectivity index (χ1v) is 7.23. The SMILES string of the molecule is C/C=C\C(C=C/C=C(\C)CNC=O)N1CCCOCC1. The van der Waals surface area contributed by atoms with Crippen LogP contribution in [0.25, 0.3) is 0 Å². The maximum atomic E-state index is 10.2. The summed E-state index contributed by atoms with van der Waals surface area (Å²) in [6, 6.07) is 0.310. The van der Waals surface area contributed by atoms with Crippen LogP contribution in [-0.2, 0) is 9.53 Å². The van der Waals surface area contributed by atoms with Crippen LogP contribution < -0.4 is 5.32 Å². The van der Waals surface area contributed by atoms with Gasteiger partial charge in [0.05, 0.1) is 6.61 Å². The van der Waals surface area contributed by atoms with Crippen molar-refractivity contribution in [3.63, 3.8) is 0 Å². The second-order valence-corrected chi connectivity index (χ2v) is 4.91. The number of hydrogen-bond acceptors (Lipinski definition) is 3. The number of nitrogens with one attached hydrogen (secondary N) is 1. The summed E-state index contributed by atoms with van der Waals surface area (Å²) in [6.45, 7) is 8.35. The first kappa shape index (κ1) is 16.7. The molecule has 0 aromatic rings. The van der Waals surface area contributed by atoms with Crippen LogP contribution in [-0.4, -0.2) is 50.2 Å². The van der Waals surface area contributed by atoms with Gasteiger partial charge in [-0.05, 0) is 20.3 Å². The van der Waals surface area contributed by atoms with Crippen LogP contribution in [0.2, 0.25) is 0 Å². The maximum absolute atomic E-state index is 10.2. The molecule has 0 aromatic carbocycles. The summed E-state index contributed by atoms with van der Waals surface area (Å²) in [5.41, 5.74) is 1.13. The zero-order chi connectivity index (χ0) is 14.6. The van der Waals surface area contributed by atoms with Gasteiger partial charge < -0.3 is 10.1 Å². The van der Waals surface area contributed by atoms with Gasteiger partial charge in [0.15, 0.2) is 0 Å². The Balaban J connectivity index is 2.58. The zero-order valence-electron chi connectivity index (χ0n) is 12.5. The van der Waals surface area contributed by atoms with E-state index in [0.29, 0.717) is 12.6 Å². The Hall–Kier alpha value is -1.39. The van der Waals surface area contributed by atoms with Crippen LogP contribution in [0.4, 0.5) is 0 Å². The lowest BCUT2D eigenvalue weighted by Gasteiger charge is -2.25. The fraction of sp³-hybridized carbons (Fsp3) is 0.562. The molecule has 1 rings (SSSR count). The van der Waals surface area contributed by atoms with Gasteiger partial charge in [0.1, 0.15) is 0 Å². The molecule has 4 heteroatoms. The van der Waals surface area contributed by atoms with E-state index < -0.39 is 0 Å². The molecule has 1 N–H and O–H groups in total. The molecule has 1 atom stereocenters. The van der Waals surface area contributed by atoms with Crippen LogP contribution in [0.3, 0.4) is 0 Å². The molecule has 20 heavy (non-hydrogen) atoms. The molecular formula is C16H26N2O2. The number of hydrogen-bond donors (Lipinski definition) is 1. The summed E-state index contributed by atoms with van der Waals surface area (Å²) < 4.78 is 5.50. The maximum Gasteiger partial charge on any atom is 0.207 e. The van der Waals surface area contributed by atoms with E-state index in [1.807, 2.05) is 19.9 Å². The Morgan fingerprint density at radius 2 is 2.20 bits per heavy atom. The lowest BCUT2D eigenvalue weighted by atomic mass is 10.1. The molecule has 1 heterocycles. The van der Waals surface area contributed by atoms with Gasteiger partial charge in [0.25, 0.3) is 0 Å². The summed E-state index contributed by atoms with van der Waals surface area (Å²) in [7, 11) is 0. The monoisotopic (exact) mass is 278 g/mol. The third-order valence-corrected chi connectivity index (χ3v) is 3.22. The average Bonchev–Trinajstić information content (AvgIpc) is 2.73. The van der Waals surface area contributed by atoms with E-state index in [1.54, 1.807) is 0 Å². The smallest absolute Gasteiger partial charge is 0.207 e. The van der Waals surface area contributed by atoms with Crippen molar-refractivity contribution < 1.29 is 9.53 Å². The second kappa shape index (κ2) is 10.4. The van der Waals surface area contributed by atoms with Crippen LogP contribution in [0.15, 0.2) is 36.0 Å². The lowest BCUT2D eigenvalue weighted by Crippen LogP contribution is -2.34. The van der Waals surface area contributed by atoms with Gasteiger partial charge in [0.2, 0.25) is 6.41 Å². The van der Waals surface area contributed by atoms with Crippen molar-refractivity contribution in [1.29, 1.82) is 0 Å². The topological polar surface area (TPSA) is 41.6 Å². The minimum atomic E-state index is 0.310. The zero-order valence-corrected chi connectivity index (χ0v) is 12.5. The molecule has 0 saturated carbocycles.